The molecule has 0 atom stereocenters. The number of aliphatic hydroxyl groups excluding tert-OH is 1. The molecule has 4 heterocycles. The molecule has 0 saturated carbocycles. The molecule has 0 bridgehead atoms. The smallest absolute Gasteiger partial charge is 0.243 e. The maximum atomic E-state index is 12.1. The minimum atomic E-state index is -0.322. The van der Waals surface area contributed by atoms with E-state index in [2.05, 4.69) is 35.0 Å². The zero-order valence-electron chi connectivity index (χ0n) is 16.8. The van der Waals surface area contributed by atoms with E-state index in [0.29, 0.717) is 29.3 Å². The number of hydrogen-bond acceptors (Lipinski definition) is 7. The fourth-order valence-corrected chi connectivity index (χ4v) is 5.10. The highest BCUT2D eigenvalue weighted by Crippen LogP contribution is 2.44. The number of benzene rings is 1. The zero-order valence-corrected chi connectivity index (χ0v) is 17.6. The Morgan fingerprint density at radius 1 is 1.19 bits per heavy atom. The second-order valence-corrected chi connectivity index (χ2v) is 9.04. The Balaban J connectivity index is 1.44. The average molecular weight is 430 g/mol. The van der Waals surface area contributed by atoms with Gasteiger partial charge in [0.05, 0.1) is 11.8 Å². The Morgan fingerprint density at radius 2 is 2.06 bits per heavy atom. The fraction of sp³-hybridized carbons (Fsp3) is 0.217. The van der Waals surface area contributed by atoms with E-state index in [-0.39, 0.29) is 6.10 Å². The monoisotopic (exact) mass is 429 g/mol. The largest absolute Gasteiger partial charge is 0.618 e. The van der Waals surface area contributed by atoms with E-state index in [1.165, 1.54) is 34.6 Å². The summed E-state index contributed by atoms with van der Waals surface area (Å²) < 4.78 is 0.822. The van der Waals surface area contributed by atoms with Crippen molar-refractivity contribution in [1.82, 2.24) is 15.0 Å². The number of aromatic nitrogens is 4. The number of aliphatic hydroxyl groups is 1. The molecule has 1 aliphatic heterocycles. The molecule has 1 fully saturated rings. The Hall–Kier alpha value is -3.23. The van der Waals surface area contributed by atoms with Crippen molar-refractivity contribution in [3.8, 4) is 11.1 Å². The number of hydrogen-bond donors (Lipinski definition) is 1. The molecule has 2 aliphatic rings. The molecule has 4 aromatic rings. The van der Waals surface area contributed by atoms with Crippen molar-refractivity contribution in [3.05, 3.63) is 70.8 Å². The van der Waals surface area contributed by atoms with Gasteiger partial charge >= 0.3 is 0 Å². The molecule has 0 spiro atoms. The van der Waals surface area contributed by atoms with Crippen molar-refractivity contribution in [3.63, 3.8) is 0 Å². The van der Waals surface area contributed by atoms with Crippen molar-refractivity contribution in [2.75, 3.05) is 18.0 Å². The first-order valence-corrected chi connectivity index (χ1v) is 11.0. The molecule has 6 rings (SSSR count). The van der Waals surface area contributed by atoms with Gasteiger partial charge in [-0.3, -0.25) is 0 Å². The van der Waals surface area contributed by atoms with Crippen LogP contribution in [0.2, 0.25) is 0 Å². The lowest BCUT2D eigenvalue weighted by molar-refractivity contribution is -0.577. The van der Waals surface area contributed by atoms with E-state index >= 15 is 0 Å². The molecule has 31 heavy (non-hydrogen) atoms. The van der Waals surface area contributed by atoms with Crippen molar-refractivity contribution >= 4 is 28.6 Å². The third kappa shape index (κ3) is 3.02. The minimum Gasteiger partial charge on any atom is -0.618 e. The van der Waals surface area contributed by atoms with E-state index < -0.39 is 0 Å². The summed E-state index contributed by atoms with van der Waals surface area (Å²) in [7, 11) is 0. The van der Waals surface area contributed by atoms with Gasteiger partial charge in [0, 0.05) is 48.3 Å². The summed E-state index contributed by atoms with van der Waals surface area (Å²) in [5.74, 6) is 0.870. The lowest BCUT2D eigenvalue weighted by atomic mass is 10.0. The molecule has 1 N–H and O–H groups in total. The highest BCUT2D eigenvalue weighted by molar-refractivity contribution is 7.99. The first kappa shape index (κ1) is 18.5. The van der Waals surface area contributed by atoms with Crippen LogP contribution in [-0.4, -0.2) is 39.3 Å². The Kier molecular flexibility index (Phi) is 4.12. The predicted octanol–water partition coefficient (Wildman–Crippen LogP) is 2.87. The Bertz CT molecular complexity index is 1350. The quantitative estimate of drug-likeness (QED) is 0.268. The van der Waals surface area contributed by atoms with Gasteiger partial charge in [-0.2, -0.15) is 4.73 Å². The standard InChI is InChI=1S/C23H19N5O2S/c1-13-4-2-5-16-17(13)9-19-21(16)22(27-11-14(29)12-27)26-23(25-19)31-15-8-20-18(24-10-15)6-3-7-28(20)30/h2-8,10,14,29H,9,11-12H2,1H3. The van der Waals surface area contributed by atoms with Gasteiger partial charge in [-0.05, 0) is 41.4 Å². The van der Waals surface area contributed by atoms with Crippen LogP contribution in [0.3, 0.4) is 0 Å². The molecular weight excluding hydrogens is 410 g/mol. The molecule has 154 valence electrons. The SMILES string of the molecule is Cc1cccc2c1Cc1nc(Sc3cnc4ccc[n+]([O-])c4c3)nc(N3CC(O)C3)c1-2. The molecule has 3 aromatic heterocycles. The van der Waals surface area contributed by atoms with Crippen molar-refractivity contribution < 1.29 is 9.84 Å². The van der Waals surface area contributed by atoms with Gasteiger partial charge in [-0.25, -0.2) is 15.0 Å². The molecule has 0 amide bonds. The second kappa shape index (κ2) is 6.90. The highest BCUT2D eigenvalue weighted by Gasteiger charge is 2.33. The van der Waals surface area contributed by atoms with Gasteiger partial charge in [0.25, 0.3) is 0 Å². The maximum absolute atomic E-state index is 12.1. The summed E-state index contributed by atoms with van der Waals surface area (Å²) in [6.07, 6.45) is 3.66. The molecule has 1 saturated heterocycles. The van der Waals surface area contributed by atoms with Crippen molar-refractivity contribution in [1.29, 1.82) is 0 Å². The third-order valence-electron chi connectivity index (χ3n) is 5.92. The number of fused-ring (bicyclic) bond motifs is 4. The second-order valence-electron chi connectivity index (χ2n) is 8.00. The van der Waals surface area contributed by atoms with E-state index in [9.17, 15) is 10.3 Å². The first-order valence-electron chi connectivity index (χ1n) is 10.2. The van der Waals surface area contributed by atoms with E-state index in [1.54, 1.807) is 12.3 Å². The summed E-state index contributed by atoms with van der Waals surface area (Å²) >= 11 is 1.40. The van der Waals surface area contributed by atoms with Gasteiger partial charge < -0.3 is 15.2 Å². The molecule has 8 heteroatoms. The van der Waals surface area contributed by atoms with Crippen LogP contribution in [0.25, 0.3) is 22.2 Å². The Morgan fingerprint density at radius 3 is 2.90 bits per heavy atom. The van der Waals surface area contributed by atoms with Gasteiger partial charge in [-0.1, -0.05) is 18.2 Å². The summed E-state index contributed by atoms with van der Waals surface area (Å²) in [6, 6.07) is 11.6. The molecule has 1 aliphatic carbocycles. The molecule has 7 nitrogen and oxygen atoms in total. The van der Waals surface area contributed by atoms with Crippen LogP contribution in [0, 0.1) is 12.1 Å². The van der Waals surface area contributed by atoms with Crippen LogP contribution >= 0.6 is 11.8 Å². The van der Waals surface area contributed by atoms with Crippen LogP contribution in [0.5, 0.6) is 0 Å². The topological polar surface area (TPSA) is 89.1 Å². The molecule has 1 aromatic carbocycles. The van der Waals surface area contributed by atoms with E-state index in [0.717, 1.165) is 33.1 Å². The van der Waals surface area contributed by atoms with Gasteiger partial charge in [0.2, 0.25) is 5.52 Å². The van der Waals surface area contributed by atoms with Crippen LogP contribution in [0.15, 0.2) is 58.8 Å². The molecule has 0 radical (unpaired) electrons. The summed E-state index contributed by atoms with van der Waals surface area (Å²) in [5.41, 5.74) is 6.97. The normalized spacial score (nSPS) is 15.1. The average Bonchev–Trinajstić information content (AvgIpc) is 3.12. The first-order chi connectivity index (χ1) is 15.1. The zero-order chi connectivity index (χ0) is 21.1. The van der Waals surface area contributed by atoms with E-state index in [1.807, 2.05) is 12.1 Å². The van der Waals surface area contributed by atoms with Crippen LogP contribution < -0.4 is 9.63 Å². The lowest BCUT2D eigenvalue weighted by Crippen LogP contribution is -2.51. The lowest BCUT2D eigenvalue weighted by Gasteiger charge is -2.38. The van der Waals surface area contributed by atoms with Crippen molar-refractivity contribution in [2.45, 2.75) is 29.5 Å². The molecule has 0 unspecified atom stereocenters. The van der Waals surface area contributed by atoms with Crippen LogP contribution in [0.4, 0.5) is 5.82 Å². The van der Waals surface area contributed by atoms with Gasteiger partial charge in [0.1, 0.15) is 11.3 Å². The maximum Gasteiger partial charge on any atom is 0.243 e. The van der Waals surface area contributed by atoms with Crippen LogP contribution in [0.1, 0.15) is 16.8 Å². The summed E-state index contributed by atoms with van der Waals surface area (Å²) in [4.78, 5) is 17.1. The number of aryl methyl sites for hydroxylation is 1. The number of pyridine rings is 2. The number of nitrogens with zero attached hydrogens (tertiary/aromatic N) is 5. The van der Waals surface area contributed by atoms with Gasteiger partial charge in [-0.15, -0.1) is 0 Å². The summed E-state index contributed by atoms with van der Waals surface area (Å²) in [6.45, 7) is 3.27. The van der Waals surface area contributed by atoms with E-state index in [4.69, 9.17) is 9.97 Å². The fourth-order valence-electron chi connectivity index (χ4n) is 4.32. The van der Waals surface area contributed by atoms with Gasteiger partial charge in [0.15, 0.2) is 11.4 Å². The highest BCUT2D eigenvalue weighted by atomic mass is 32.2. The number of β-amino-alcohol motifs (C(OH)–C–C–N with tert-alkyl or cyclic N) is 1. The minimum absolute atomic E-state index is 0.322. The third-order valence-corrected chi connectivity index (χ3v) is 6.75. The van der Waals surface area contributed by atoms with Crippen molar-refractivity contribution in [2.24, 2.45) is 0 Å². The van der Waals surface area contributed by atoms with Crippen LogP contribution in [-0.2, 0) is 6.42 Å². The summed E-state index contributed by atoms with van der Waals surface area (Å²) in [5, 5.41) is 22.6. The predicted molar refractivity (Wildman–Crippen MR) is 118 cm³/mol. The number of rotatable bonds is 3. The number of anilines is 1. The Labute approximate surface area is 183 Å². The molecular formula is C23H19N5O2S.